The fourth-order valence-corrected chi connectivity index (χ4v) is 3.17. The number of hydrogen-bond acceptors (Lipinski definition) is 3. The highest BCUT2D eigenvalue weighted by Gasteiger charge is 2.02. The molecule has 0 aliphatic rings. The lowest BCUT2D eigenvalue weighted by Crippen LogP contribution is -2.13. The second-order valence-corrected chi connectivity index (χ2v) is 7.60. The maximum atomic E-state index is 11.2. The summed E-state index contributed by atoms with van der Waals surface area (Å²) >= 11 is 0. The number of nitrogens with one attached hydrogen (secondary N) is 2. The summed E-state index contributed by atoms with van der Waals surface area (Å²) in [6, 6.07) is 22.2. The second kappa shape index (κ2) is 7.03. The molecule has 0 amide bonds. The van der Waals surface area contributed by atoms with Crippen LogP contribution in [0.4, 0.5) is 5.69 Å². The van der Waals surface area contributed by atoms with Crippen molar-refractivity contribution < 1.29 is 8.42 Å². The average molecular weight is 340 g/mol. The third-order valence-electron chi connectivity index (χ3n) is 3.73. The Morgan fingerprint density at radius 1 is 0.792 bits per heavy atom. The van der Waals surface area contributed by atoms with Crippen LogP contribution in [0, 0.1) is 0 Å². The Morgan fingerprint density at radius 2 is 1.42 bits per heavy atom. The topological polar surface area (TPSA) is 58.2 Å². The Balaban J connectivity index is 1.57. The molecule has 3 aromatic carbocycles. The van der Waals surface area contributed by atoms with Gasteiger partial charge in [-0.2, -0.15) is 0 Å². The fraction of sp³-hybridized carbons (Fsp3) is 0.158. The first-order chi connectivity index (χ1) is 11.5. The highest BCUT2D eigenvalue weighted by molar-refractivity contribution is 7.92. The summed E-state index contributed by atoms with van der Waals surface area (Å²) in [4.78, 5) is 0. The number of hydrogen-bond donors (Lipinski definition) is 2. The summed E-state index contributed by atoms with van der Waals surface area (Å²) in [7, 11) is -3.23. The van der Waals surface area contributed by atoms with Gasteiger partial charge in [0.2, 0.25) is 10.0 Å². The van der Waals surface area contributed by atoms with Gasteiger partial charge < -0.3 is 5.32 Å². The Hall–Kier alpha value is -2.37. The van der Waals surface area contributed by atoms with E-state index in [2.05, 4.69) is 40.4 Å². The third kappa shape index (κ3) is 4.57. The van der Waals surface area contributed by atoms with E-state index in [0.717, 1.165) is 24.9 Å². The van der Waals surface area contributed by atoms with Crippen LogP contribution in [-0.4, -0.2) is 14.7 Å². The van der Waals surface area contributed by atoms with Crippen molar-refractivity contribution in [2.45, 2.75) is 13.1 Å². The van der Waals surface area contributed by atoms with Crippen molar-refractivity contribution >= 4 is 26.5 Å². The van der Waals surface area contributed by atoms with E-state index in [0.29, 0.717) is 5.69 Å². The molecule has 4 nitrogen and oxygen atoms in total. The second-order valence-electron chi connectivity index (χ2n) is 5.86. The number of anilines is 1. The molecule has 24 heavy (non-hydrogen) atoms. The van der Waals surface area contributed by atoms with Crippen LogP contribution in [0.15, 0.2) is 66.7 Å². The van der Waals surface area contributed by atoms with E-state index in [-0.39, 0.29) is 0 Å². The molecule has 3 aromatic rings. The molecule has 0 aliphatic carbocycles. The van der Waals surface area contributed by atoms with Gasteiger partial charge in [0.15, 0.2) is 0 Å². The number of benzene rings is 3. The molecule has 0 aromatic heterocycles. The first-order valence-electron chi connectivity index (χ1n) is 7.75. The van der Waals surface area contributed by atoms with Crippen molar-refractivity contribution in [3.63, 3.8) is 0 Å². The Labute approximate surface area is 142 Å². The zero-order valence-corrected chi connectivity index (χ0v) is 14.3. The summed E-state index contributed by atoms with van der Waals surface area (Å²) in [5, 5.41) is 5.90. The minimum Gasteiger partial charge on any atom is -0.309 e. The molecular weight excluding hydrogens is 320 g/mol. The predicted octanol–water partition coefficient (Wildman–Crippen LogP) is 3.50. The molecule has 0 saturated carbocycles. The number of fused-ring (bicyclic) bond motifs is 1. The monoisotopic (exact) mass is 340 g/mol. The van der Waals surface area contributed by atoms with Crippen LogP contribution in [-0.2, 0) is 23.1 Å². The van der Waals surface area contributed by atoms with Crippen molar-refractivity contribution in [3.05, 3.63) is 77.9 Å². The lowest BCUT2D eigenvalue weighted by molar-refractivity contribution is 0.607. The molecule has 0 aliphatic heterocycles. The van der Waals surface area contributed by atoms with E-state index in [1.165, 1.54) is 16.3 Å². The maximum Gasteiger partial charge on any atom is 0.229 e. The van der Waals surface area contributed by atoms with E-state index in [4.69, 9.17) is 0 Å². The van der Waals surface area contributed by atoms with Crippen LogP contribution in [0.25, 0.3) is 10.8 Å². The Bertz CT molecular complexity index is 935. The van der Waals surface area contributed by atoms with E-state index in [1.807, 2.05) is 24.3 Å². The van der Waals surface area contributed by atoms with Crippen LogP contribution in [0.3, 0.4) is 0 Å². The summed E-state index contributed by atoms with van der Waals surface area (Å²) < 4.78 is 24.8. The molecule has 3 rings (SSSR count). The number of rotatable bonds is 6. The van der Waals surface area contributed by atoms with Gasteiger partial charge in [-0.1, -0.05) is 48.5 Å². The van der Waals surface area contributed by atoms with Crippen molar-refractivity contribution in [1.29, 1.82) is 0 Å². The molecule has 124 valence electrons. The van der Waals surface area contributed by atoms with Gasteiger partial charge in [0.1, 0.15) is 0 Å². The minimum atomic E-state index is -3.23. The highest BCUT2D eigenvalue weighted by atomic mass is 32.2. The Morgan fingerprint density at radius 3 is 2.12 bits per heavy atom. The van der Waals surface area contributed by atoms with E-state index >= 15 is 0 Å². The van der Waals surface area contributed by atoms with Crippen LogP contribution in [0.2, 0.25) is 0 Å². The highest BCUT2D eigenvalue weighted by Crippen LogP contribution is 2.16. The minimum absolute atomic E-state index is 0.579. The molecule has 0 unspecified atom stereocenters. The molecule has 5 heteroatoms. The van der Waals surface area contributed by atoms with Gasteiger partial charge in [-0.25, -0.2) is 8.42 Å². The molecule has 0 atom stereocenters. The van der Waals surface area contributed by atoms with E-state index in [9.17, 15) is 8.42 Å². The largest absolute Gasteiger partial charge is 0.309 e. The first kappa shape index (κ1) is 16.5. The van der Waals surface area contributed by atoms with E-state index < -0.39 is 10.0 Å². The van der Waals surface area contributed by atoms with Gasteiger partial charge in [0.25, 0.3) is 0 Å². The summed E-state index contributed by atoms with van der Waals surface area (Å²) in [6.07, 6.45) is 1.14. The van der Waals surface area contributed by atoms with Gasteiger partial charge in [-0.05, 0) is 40.1 Å². The smallest absolute Gasteiger partial charge is 0.229 e. The van der Waals surface area contributed by atoms with Crippen molar-refractivity contribution in [1.82, 2.24) is 5.32 Å². The van der Waals surface area contributed by atoms with Crippen LogP contribution in [0.1, 0.15) is 11.1 Å². The maximum absolute atomic E-state index is 11.2. The normalized spacial score (nSPS) is 11.5. The summed E-state index contributed by atoms with van der Waals surface area (Å²) in [5.74, 6) is 0. The zero-order valence-electron chi connectivity index (χ0n) is 13.5. The Kier molecular flexibility index (Phi) is 4.83. The molecule has 0 saturated heterocycles. The third-order valence-corrected chi connectivity index (χ3v) is 4.34. The molecule has 0 heterocycles. The van der Waals surface area contributed by atoms with Gasteiger partial charge in [0, 0.05) is 18.8 Å². The van der Waals surface area contributed by atoms with Crippen LogP contribution < -0.4 is 10.0 Å². The molecule has 0 fully saturated rings. The molecular formula is C19H20N2O2S. The zero-order chi connectivity index (χ0) is 17.0. The lowest BCUT2D eigenvalue weighted by atomic mass is 10.1. The molecule has 0 radical (unpaired) electrons. The average Bonchev–Trinajstić information content (AvgIpc) is 2.55. The first-order valence-corrected chi connectivity index (χ1v) is 9.64. The number of sulfonamides is 1. The molecule has 0 bridgehead atoms. The van der Waals surface area contributed by atoms with Gasteiger partial charge in [-0.3, -0.25) is 4.72 Å². The fourth-order valence-electron chi connectivity index (χ4n) is 2.60. The van der Waals surface area contributed by atoms with Crippen molar-refractivity contribution in [3.8, 4) is 0 Å². The quantitative estimate of drug-likeness (QED) is 0.722. The predicted molar refractivity (Wildman–Crippen MR) is 99.4 cm³/mol. The lowest BCUT2D eigenvalue weighted by Gasteiger charge is -2.08. The van der Waals surface area contributed by atoms with Crippen molar-refractivity contribution in [2.24, 2.45) is 0 Å². The van der Waals surface area contributed by atoms with E-state index in [1.54, 1.807) is 12.1 Å². The molecule has 2 N–H and O–H groups in total. The van der Waals surface area contributed by atoms with Crippen LogP contribution in [0.5, 0.6) is 0 Å². The van der Waals surface area contributed by atoms with Crippen molar-refractivity contribution in [2.75, 3.05) is 11.0 Å². The summed E-state index contributed by atoms with van der Waals surface area (Å²) in [6.45, 7) is 1.51. The molecule has 0 spiro atoms. The van der Waals surface area contributed by atoms with Gasteiger partial charge in [-0.15, -0.1) is 0 Å². The van der Waals surface area contributed by atoms with Crippen LogP contribution >= 0.6 is 0 Å². The standard InChI is InChI=1S/C19H20N2O2S/c1-24(22,23)21-19-10-7-15(8-11-19)13-20-14-16-6-9-17-4-2-3-5-18(17)12-16/h2-12,20-21H,13-14H2,1H3. The SMILES string of the molecule is CS(=O)(=O)Nc1ccc(CNCc2ccc3ccccc3c2)cc1. The summed E-state index contributed by atoms with van der Waals surface area (Å²) in [5.41, 5.74) is 2.93. The van der Waals surface area contributed by atoms with Gasteiger partial charge in [0.05, 0.1) is 6.26 Å². The van der Waals surface area contributed by atoms with Gasteiger partial charge >= 0.3 is 0 Å².